The number of aliphatic hydroxyl groups excluding tert-OH is 1. The number of aliphatic carboxylic acids is 1. The van der Waals surface area contributed by atoms with E-state index in [0.29, 0.717) is 11.8 Å². The fourth-order valence-electron chi connectivity index (χ4n) is 3.37. The van der Waals surface area contributed by atoms with E-state index >= 15 is 0 Å². The number of hydrogen-bond donors (Lipinski definition) is 4. The van der Waals surface area contributed by atoms with E-state index in [9.17, 15) is 20.1 Å². The molecule has 0 aromatic carbocycles. The Morgan fingerprint density at radius 1 is 1.16 bits per heavy atom. The Balaban J connectivity index is 2.33. The molecule has 0 heterocycles. The summed E-state index contributed by atoms with van der Waals surface area (Å²) in [5, 5.41) is 36.7. The minimum atomic E-state index is -3.10. The molecule has 1 aliphatic carbocycles. The largest absolute Gasteiger partial charge is 0.477 e. The van der Waals surface area contributed by atoms with E-state index in [2.05, 4.69) is 19.1 Å². The number of aliphatic hydroxyl groups is 3. The van der Waals surface area contributed by atoms with Gasteiger partial charge in [0.05, 0.1) is 0 Å². The fraction of sp³-hybridized carbons (Fsp3) is 0.750. The molecule has 1 rings (SSSR count). The summed E-state index contributed by atoms with van der Waals surface area (Å²) in [5.41, 5.74) is 0. The Morgan fingerprint density at radius 2 is 1.92 bits per heavy atom. The summed E-state index contributed by atoms with van der Waals surface area (Å²) in [7, 11) is 0. The maximum Gasteiger partial charge on any atom is 0.366 e. The summed E-state index contributed by atoms with van der Waals surface area (Å²) in [6.07, 6.45) is 17.1. The molecular weight excluding hydrogens is 320 g/mol. The van der Waals surface area contributed by atoms with Gasteiger partial charge in [0.15, 0.2) is 0 Å². The van der Waals surface area contributed by atoms with Gasteiger partial charge in [0.25, 0.3) is 5.79 Å². The third kappa shape index (κ3) is 7.72. The summed E-state index contributed by atoms with van der Waals surface area (Å²) in [4.78, 5) is 10.6. The van der Waals surface area contributed by atoms with Crippen LogP contribution >= 0.6 is 0 Å². The fourth-order valence-corrected chi connectivity index (χ4v) is 3.37. The zero-order chi connectivity index (χ0) is 18.7. The molecule has 0 amide bonds. The van der Waals surface area contributed by atoms with E-state index in [1.54, 1.807) is 6.08 Å². The predicted octanol–water partition coefficient (Wildman–Crippen LogP) is 3.39. The van der Waals surface area contributed by atoms with Crippen LogP contribution in [0, 0.1) is 11.8 Å². The van der Waals surface area contributed by atoms with Crippen LogP contribution in [0.5, 0.6) is 0 Å². The molecule has 25 heavy (non-hydrogen) atoms. The van der Waals surface area contributed by atoms with Crippen LogP contribution in [-0.4, -0.2) is 38.3 Å². The van der Waals surface area contributed by atoms with E-state index < -0.39 is 17.9 Å². The van der Waals surface area contributed by atoms with Crippen molar-refractivity contribution >= 4 is 5.97 Å². The molecule has 3 atom stereocenters. The smallest absolute Gasteiger partial charge is 0.366 e. The minimum Gasteiger partial charge on any atom is -0.477 e. The Morgan fingerprint density at radius 3 is 2.60 bits per heavy atom. The van der Waals surface area contributed by atoms with E-state index in [1.165, 1.54) is 44.9 Å². The molecule has 1 fully saturated rings. The van der Waals surface area contributed by atoms with Crippen molar-refractivity contribution in [2.75, 3.05) is 0 Å². The van der Waals surface area contributed by atoms with Crippen molar-refractivity contribution in [3.8, 4) is 0 Å². The lowest BCUT2D eigenvalue weighted by Gasteiger charge is -2.21. The third-order valence-corrected chi connectivity index (χ3v) is 5.07. The van der Waals surface area contributed by atoms with Crippen molar-refractivity contribution in [2.45, 2.75) is 83.0 Å². The lowest BCUT2D eigenvalue weighted by molar-refractivity contribution is -0.235. The average molecular weight is 354 g/mol. The number of rotatable bonds is 12. The lowest BCUT2D eigenvalue weighted by atomic mass is 9.91. The number of unbranched alkanes of at least 4 members (excludes halogenated alkanes) is 4. The van der Waals surface area contributed by atoms with Crippen LogP contribution in [0.3, 0.4) is 0 Å². The second-order valence-electron chi connectivity index (χ2n) is 7.12. The van der Waals surface area contributed by atoms with Crippen LogP contribution in [0.25, 0.3) is 0 Å². The number of hydrogen-bond acceptors (Lipinski definition) is 4. The summed E-state index contributed by atoms with van der Waals surface area (Å²) < 4.78 is 0. The predicted molar refractivity (Wildman–Crippen MR) is 97.9 cm³/mol. The second-order valence-corrected chi connectivity index (χ2v) is 7.12. The average Bonchev–Trinajstić information content (AvgIpc) is 3.01. The quantitative estimate of drug-likeness (QED) is 0.245. The van der Waals surface area contributed by atoms with Crippen LogP contribution < -0.4 is 0 Å². The first-order valence-corrected chi connectivity index (χ1v) is 9.57. The summed E-state index contributed by atoms with van der Waals surface area (Å²) in [5.74, 6) is -3.77. The molecule has 0 saturated heterocycles. The van der Waals surface area contributed by atoms with Crippen LogP contribution in [0.2, 0.25) is 0 Å². The summed E-state index contributed by atoms with van der Waals surface area (Å²) in [6, 6.07) is 0. The van der Waals surface area contributed by atoms with Crippen molar-refractivity contribution in [2.24, 2.45) is 11.8 Å². The van der Waals surface area contributed by atoms with Crippen molar-refractivity contribution in [3.05, 3.63) is 24.3 Å². The Bertz CT molecular complexity index is 441. The minimum absolute atomic E-state index is 0.0933. The SMILES string of the molecule is CCCCCC/C=C/[C@H]1CCC[C@@H]1C/C=C\CC(O)C(O)(O)C(=O)O. The first-order chi connectivity index (χ1) is 11.9. The van der Waals surface area contributed by atoms with Crippen LogP contribution in [0.4, 0.5) is 0 Å². The highest BCUT2D eigenvalue weighted by Gasteiger charge is 2.40. The molecule has 0 aliphatic heterocycles. The molecular formula is C20H34O5. The first-order valence-electron chi connectivity index (χ1n) is 9.57. The number of carbonyl (C=O) groups is 1. The number of allylic oxidation sites excluding steroid dienone is 3. The molecule has 0 spiro atoms. The van der Waals surface area contributed by atoms with Crippen molar-refractivity contribution in [1.82, 2.24) is 0 Å². The molecule has 1 saturated carbocycles. The van der Waals surface area contributed by atoms with Crippen LogP contribution in [0.15, 0.2) is 24.3 Å². The highest BCUT2D eigenvalue weighted by atomic mass is 16.6. The van der Waals surface area contributed by atoms with Gasteiger partial charge in [-0.05, 0) is 50.4 Å². The highest BCUT2D eigenvalue weighted by molar-refractivity contribution is 5.75. The standard InChI is InChI=1S/C20H34O5/c1-2-3-4-5-6-7-11-16-13-10-14-17(16)12-8-9-15-18(21)20(24,25)19(22)23/h7-9,11,16-18,21,24-25H,2-6,10,12-15H2,1H3,(H,22,23)/b9-8-,11-7+/t16-,17-,18?/m0/s1. The topological polar surface area (TPSA) is 98.0 Å². The van der Waals surface area contributed by atoms with Gasteiger partial charge in [-0.1, -0.05) is 56.9 Å². The molecule has 0 radical (unpaired) electrons. The van der Waals surface area contributed by atoms with Crippen LogP contribution in [-0.2, 0) is 4.79 Å². The normalized spacial score (nSPS) is 22.9. The Kier molecular flexibility index (Phi) is 10.0. The zero-order valence-electron chi connectivity index (χ0n) is 15.3. The van der Waals surface area contributed by atoms with E-state index in [4.69, 9.17) is 5.11 Å². The molecule has 0 bridgehead atoms. The third-order valence-electron chi connectivity index (χ3n) is 5.07. The molecule has 1 aliphatic rings. The van der Waals surface area contributed by atoms with Gasteiger partial charge in [0, 0.05) is 0 Å². The van der Waals surface area contributed by atoms with Crippen LogP contribution in [0.1, 0.15) is 71.1 Å². The van der Waals surface area contributed by atoms with Gasteiger partial charge < -0.3 is 20.4 Å². The van der Waals surface area contributed by atoms with Gasteiger partial charge >= 0.3 is 5.97 Å². The van der Waals surface area contributed by atoms with Gasteiger partial charge in [-0.3, -0.25) is 0 Å². The van der Waals surface area contributed by atoms with Gasteiger partial charge in [-0.15, -0.1) is 0 Å². The van der Waals surface area contributed by atoms with Crippen molar-refractivity contribution in [3.63, 3.8) is 0 Å². The van der Waals surface area contributed by atoms with E-state index in [1.807, 2.05) is 6.08 Å². The van der Waals surface area contributed by atoms with Gasteiger partial charge in [-0.25, -0.2) is 4.79 Å². The van der Waals surface area contributed by atoms with E-state index in [0.717, 1.165) is 12.8 Å². The Labute approximate surface area is 151 Å². The maximum absolute atomic E-state index is 10.6. The molecule has 144 valence electrons. The molecule has 5 nitrogen and oxygen atoms in total. The maximum atomic E-state index is 10.6. The van der Waals surface area contributed by atoms with E-state index in [-0.39, 0.29) is 6.42 Å². The highest BCUT2D eigenvalue weighted by Crippen LogP contribution is 2.35. The molecule has 5 heteroatoms. The van der Waals surface area contributed by atoms with Gasteiger partial charge in [0.2, 0.25) is 0 Å². The molecule has 1 unspecified atom stereocenters. The lowest BCUT2D eigenvalue weighted by Crippen LogP contribution is -2.49. The summed E-state index contributed by atoms with van der Waals surface area (Å²) >= 11 is 0. The first kappa shape index (κ1) is 21.9. The molecule has 0 aromatic rings. The monoisotopic (exact) mass is 354 g/mol. The second kappa shape index (κ2) is 11.4. The van der Waals surface area contributed by atoms with Gasteiger partial charge in [-0.2, -0.15) is 0 Å². The van der Waals surface area contributed by atoms with Crippen molar-refractivity contribution < 1.29 is 25.2 Å². The Hall–Kier alpha value is -1.17. The van der Waals surface area contributed by atoms with Crippen molar-refractivity contribution in [1.29, 1.82) is 0 Å². The molecule has 4 N–H and O–H groups in total. The number of carboxylic acids is 1. The summed E-state index contributed by atoms with van der Waals surface area (Å²) in [6.45, 7) is 2.22. The van der Waals surface area contributed by atoms with Gasteiger partial charge in [0.1, 0.15) is 6.10 Å². The molecule has 0 aromatic heterocycles. The zero-order valence-corrected chi connectivity index (χ0v) is 15.3. The number of carboxylic acid groups (broad SMARTS) is 1.